The average molecular weight is 442 g/mol. The fourth-order valence-electron chi connectivity index (χ4n) is 3.86. The van der Waals surface area contributed by atoms with Crippen LogP contribution in [0.4, 0.5) is 0 Å². The second-order valence-electron chi connectivity index (χ2n) is 9.13. The third-order valence-corrected chi connectivity index (χ3v) is 5.58. The molecule has 2 aromatic carbocycles. The maximum atomic E-state index is 13.2. The number of nitrogens with one attached hydrogen (secondary N) is 1. The number of fused-ring (bicyclic) bond motifs is 1. The monoisotopic (exact) mass is 441 g/mol. The zero-order valence-electron chi connectivity index (χ0n) is 18.9. The molecule has 0 fully saturated rings. The molecule has 33 heavy (non-hydrogen) atoms. The summed E-state index contributed by atoms with van der Waals surface area (Å²) >= 11 is 0. The van der Waals surface area contributed by atoms with Crippen molar-refractivity contribution in [2.75, 3.05) is 0 Å². The predicted molar refractivity (Wildman–Crippen MR) is 128 cm³/mol. The van der Waals surface area contributed by atoms with Crippen molar-refractivity contribution in [2.45, 2.75) is 33.4 Å². The Kier molecular flexibility index (Phi) is 5.96. The molecule has 0 spiro atoms. The van der Waals surface area contributed by atoms with E-state index in [0.29, 0.717) is 11.9 Å². The van der Waals surface area contributed by atoms with E-state index in [1.165, 1.54) is 0 Å². The average Bonchev–Trinajstić information content (AvgIpc) is 3.15. The first kappa shape index (κ1) is 22.2. The van der Waals surface area contributed by atoms with Crippen LogP contribution in [-0.2, 0) is 11.3 Å². The number of pyridine rings is 1. The van der Waals surface area contributed by atoms with Gasteiger partial charge in [-0.05, 0) is 46.4 Å². The summed E-state index contributed by atoms with van der Waals surface area (Å²) in [6.45, 7) is 6.07. The number of rotatable bonds is 6. The smallest absolute Gasteiger partial charge is 0.273 e. The molecular weight excluding hydrogens is 414 g/mol. The van der Waals surface area contributed by atoms with Gasteiger partial charge in [0.15, 0.2) is 5.69 Å². The largest absolute Gasteiger partial charge is 0.368 e. The van der Waals surface area contributed by atoms with Crippen LogP contribution in [0, 0.1) is 5.41 Å². The van der Waals surface area contributed by atoms with Gasteiger partial charge in [-0.15, -0.1) is 0 Å². The van der Waals surface area contributed by atoms with Gasteiger partial charge >= 0.3 is 0 Å². The van der Waals surface area contributed by atoms with Crippen LogP contribution < -0.4 is 11.1 Å². The molecule has 0 bridgehead atoms. The van der Waals surface area contributed by atoms with Gasteiger partial charge in [0.05, 0.1) is 12.1 Å². The van der Waals surface area contributed by atoms with Gasteiger partial charge in [-0.3, -0.25) is 19.3 Å². The number of nitrogens with zero attached hydrogens (tertiary/aromatic N) is 3. The van der Waals surface area contributed by atoms with Crippen LogP contribution in [0.3, 0.4) is 0 Å². The lowest BCUT2D eigenvalue weighted by Gasteiger charge is -2.28. The molecule has 2 amide bonds. The normalized spacial score (nSPS) is 12.5. The zero-order chi connectivity index (χ0) is 23.6. The summed E-state index contributed by atoms with van der Waals surface area (Å²) in [5.74, 6) is -1.01. The Hall–Kier alpha value is -4.00. The minimum Gasteiger partial charge on any atom is -0.368 e. The molecule has 7 heteroatoms. The van der Waals surface area contributed by atoms with E-state index in [-0.39, 0.29) is 5.69 Å². The highest BCUT2D eigenvalue weighted by Crippen LogP contribution is 2.27. The van der Waals surface area contributed by atoms with E-state index in [1.54, 1.807) is 12.4 Å². The molecule has 7 nitrogen and oxygen atoms in total. The first-order valence-corrected chi connectivity index (χ1v) is 10.8. The van der Waals surface area contributed by atoms with Crippen molar-refractivity contribution < 1.29 is 9.59 Å². The topological polar surface area (TPSA) is 103 Å². The number of benzene rings is 2. The van der Waals surface area contributed by atoms with Crippen LogP contribution in [0.15, 0.2) is 73.1 Å². The third kappa shape index (κ3) is 4.77. The van der Waals surface area contributed by atoms with E-state index >= 15 is 0 Å². The van der Waals surface area contributed by atoms with Crippen LogP contribution in [0.2, 0.25) is 0 Å². The molecule has 2 aromatic heterocycles. The molecule has 4 rings (SSSR count). The Balaban J connectivity index is 1.79. The van der Waals surface area contributed by atoms with Crippen molar-refractivity contribution in [3.63, 3.8) is 0 Å². The fraction of sp³-hybridized carbons (Fsp3) is 0.231. The molecule has 3 N–H and O–H groups in total. The van der Waals surface area contributed by atoms with Gasteiger partial charge in [-0.25, -0.2) is 0 Å². The van der Waals surface area contributed by atoms with Crippen LogP contribution in [-0.4, -0.2) is 32.6 Å². The molecule has 0 aliphatic carbocycles. The van der Waals surface area contributed by atoms with Gasteiger partial charge in [-0.2, -0.15) is 5.10 Å². The molecule has 1 atom stereocenters. The SMILES string of the molecule is CC(C)(C)[C@H](NC(=O)c1nn(Cc2ccccc2)c2cc(-c3ccncc3)ccc12)C(N)=O. The first-order chi connectivity index (χ1) is 15.7. The zero-order valence-corrected chi connectivity index (χ0v) is 18.9. The number of carbonyl (C=O) groups is 2. The highest BCUT2D eigenvalue weighted by Gasteiger charge is 2.32. The molecule has 0 saturated carbocycles. The van der Waals surface area contributed by atoms with Gasteiger partial charge < -0.3 is 11.1 Å². The van der Waals surface area contributed by atoms with E-state index in [2.05, 4.69) is 15.4 Å². The lowest BCUT2D eigenvalue weighted by atomic mass is 9.86. The molecule has 0 radical (unpaired) electrons. The molecule has 0 aliphatic heterocycles. The Labute approximate surface area is 192 Å². The molecule has 4 aromatic rings. The van der Waals surface area contributed by atoms with E-state index in [4.69, 9.17) is 5.73 Å². The molecule has 0 saturated heterocycles. The molecule has 2 heterocycles. The van der Waals surface area contributed by atoms with Gasteiger partial charge in [-0.1, -0.05) is 57.2 Å². The number of carbonyl (C=O) groups excluding carboxylic acids is 2. The van der Waals surface area contributed by atoms with E-state index in [9.17, 15) is 9.59 Å². The summed E-state index contributed by atoms with van der Waals surface area (Å²) in [5.41, 5.74) is 9.20. The highest BCUT2D eigenvalue weighted by atomic mass is 16.2. The maximum Gasteiger partial charge on any atom is 0.273 e. The third-order valence-electron chi connectivity index (χ3n) is 5.58. The first-order valence-electron chi connectivity index (χ1n) is 10.8. The van der Waals surface area contributed by atoms with Gasteiger partial charge in [0.25, 0.3) is 5.91 Å². The Morgan fingerprint density at radius 1 is 1.00 bits per heavy atom. The van der Waals surface area contributed by atoms with Crippen molar-refractivity contribution in [1.82, 2.24) is 20.1 Å². The number of aromatic nitrogens is 3. The lowest BCUT2D eigenvalue weighted by Crippen LogP contribution is -2.52. The van der Waals surface area contributed by atoms with Crippen molar-refractivity contribution >= 4 is 22.7 Å². The molecule has 168 valence electrons. The summed E-state index contributed by atoms with van der Waals surface area (Å²) in [6.07, 6.45) is 3.49. The van der Waals surface area contributed by atoms with Crippen LogP contribution in [0.1, 0.15) is 36.8 Å². The van der Waals surface area contributed by atoms with E-state index in [1.807, 2.05) is 86.1 Å². The van der Waals surface area contributed by atoms with Gasteiger partial charge in [0.1, 0.15) is 6.04 Å². The molecule has 0 unspecified atom stereocenters. The number of hydrogen-bond donors (Lipinski definition) is 2. The van der Waals surface area contributed by atoms with Gasteiger partial charge in [0.2, 0.25) is 5.91 Å². The second kappa shape index (κ2) is 8.86. The number of primary amides is 1. The molecular formula is C26H27N5O2. The number of nitrogens with two attached hydrogens (primary N) is 1. The summed E-state index contributed by atoms with van der Waals surface area (Å²) in [4.78, 5) is 29.3. The maximum absolute atomic E-state index is 13.2. The fourth-order valence-corrected chi connectivity index (χ4v) is 3.86. The molecule has 0 aliphatic rings. The predicted octanol–water partition coefficient (Wildman–Crippen LogP) is 3.78. The quantitative estimate of drug-likeness (QED) is 0.475. The highest BCUT2D eigenvalue weighted by molar-refractivity contribution is 6.07. The van der Waals surface area contributed by atoms with E-state index in [0.717, 1.165) is 22.2 Å². The summed E-state index contributed by atoms with van der Waals surface area (Å²) in [7, 11) is 0. The minimum absolute atomic E-state index is 0.262. The van der Waals surface area contributed by atoms with Crippen molar-refractivity contribution in [3.8, 4) is 11.1 Å². The summed E-state index contributed by atoms with van der Waals surface area (Å²) < 4.78 is 1.82. The van der Waals surface area contributed by atoms with E-state index < -0.39 is 23.3 Å². The van der Waals surface area contributed by atoms with Crippen LogP contribution in [0.25, 0.3) is 22.0 Å². The van der Waals surface area contributed by atoms with Crippen LogP contribution in [0.5, 0.6) is 0 Å². The summed E-state index contributed by atoms with van der Waals surface area (Å²) in [5, 5.41) is 8.15. The Morgan fingerprint density at radius 2 is 1.70 bits per heavy atom. The van der Waals surface area contributed by atoms with Gasteiger partial charge in [0, 0.05) is 17.8 Å². The summed E-state index contributed by atoms with van der Waals surface area (Å²) in [6, 6.07) is 18.9. The minimum atomic E-state index is -0.824. The number of amides is 2. The standard InChI is InChI=1S/C26H27N5O2/c1-26(2,3)23(24(27)32)29-25(33)22-20-10-9-19(18-11-13-28-14-12-18)15-21(20)31(30-22)16-17-7-5-4-6-8-17/h4-15,23H,16H2,1-3H3,(H2,27,32)(H,29,33)/t23-/m1/s1. The van der Waals surface area contributed by atoms with Crippen molar-refractivity contribution in [2.24, 2.45) is 11.1 Å². The second-order valence-corrected chi connectivity index (χ2v) is 9.13. The Morgan fingerprint density at radius 3 is 2.33 bits per heavy atom. The van der Waals surface area contributed by atoms with Crippen LogP contribution >= 0.6 is 0 Å². The lowest BCUT2D eigenvalue weighted by molar-refractivity contribution is -0.122. The number of hydrogen-bond acceptors (Lipinski definition) is 4. The Bertz CT molecular complexity index is 1290. The van der Waals surface area contributed by atoms with Crippen molar-refractivity contribution in [1.29, 1.82) is 0 Å². The van der Waals surface area contributed by atoms with Crippen molar-refractivity contribution in [3.05, 3.63) is 84.3 Å².